The Hall–Kier alpha value is -3.42. The fourth-order valence-corrected chi connectivity index (χ4v) is 3.51. The molecular formula is C22H23FN4O3. The van der Waals surface area contributed by atoms with Crippen LogP contribution in [0, 0.1) is 5.82 Å². The van der Waals surface area contributed by atoms with Gasteiger partial charge in [-0.25, -0.2) is 9.18 Å². The van der Waals surface area contributed by atoms with Crippen molar-refractivity contribution in [2.75, 3.05) is 18.5 Å². The second-order valence-corrected chi connectivity index (χ2v) is 7.06. The maximum Gasteiger partial charge on any atom is 0.322 e. The summed E-state index contributed by atoms with van der Waals surface area (Å²) >= 11 is 0. The molecule has 1 aromatic heterocycles. The molecule has 2 aromatic carbocycles. The third-order valence-corrected chi connectivity index (χ3v) is 5.01. The standard InChI is InChI=1S/C22H23FN4O3/c1-2-29-18-12-10-17(11-13-18)24-22(28)27-14-4-3-5-19(27)21-25-20(26-30-21)15-6-8-16(23)9-7-15/h6-13,19H,2-5,14H2,1H3,(H,24,28)/t19-/m0/s1. The summed E-state index contributed by atoms with van der Waals surface area (Å²) in [4.78, 5) is 19.1. The molecule has 2 heterocycles. The van der Waals surface area contributed by atoms with Gasteiger partial charge in [0.2, 0.25) is 11.7 Å². The van der Waals surface area contributed by atoms with Gasteiger partial charge in [-0.1, -0.05) is 5.16 Å². The number of hydrogen-bond acceptors (Lipinski definition) is 5. The van der Waals surface area contributed by atoms with Crippen LogP contribution in [-0.4, -0.2) is 34.2 Å². The second kappa shape index (κ2) is 8.94. The van der Waals surface area contributed by atoms with Crippen LogP contribution in [-0.2, 0) is 0 Å². The Labute approximate surface area is 173 Å². The lowest BCUT2D eigenvalue weighted by Gasteiger charge is -2.33. The lowest BCUT2D eigenvalue weighted by molar-refractivity contribution is 0.142. The number of benzene rings is 2. The van der Waals surface area contributed by atoms with E-state index in [0.29, 0.717) is 36.1 Å². The van der Waals surface area contributed by atoms with Crippen LogP contribution >= 0.6 is 0 Å². The van der Waals surface area contributed by atoms with Crippen molar-refractivity contribution in [1.82, 2.24) is 15.0 Å². The molecule has 1 fully saturated rings. The van der Waals surface area contributed by atoms with Gasteiger partial charge in [-0.05, 0) is 74.7 Å². The fraction of sp³-hybridized carbons (Fsp3) is 0.318. The number of nitrogens with one attached hydrogen (secondary N) is 1. The van der Waals surface area contributed by atoms with Crippen LogP contribution in [0.4, 0.5) is 14.9 Å². The topological polar surface area (TPSA) is 80.5 Å². The highest BCUT2D eigenvalue weighted by atomic mass is 19.1. The van der Waals surface area contributed by atoms with E-state index in [2.05, 4.69) is 15.5 Å². The van der Waals surface area contributed by atoms with E-state index in [9.17, 15) is 9.18 Å². The van der Waals surface area contributed by atoms with Gasteiger partial charge in [-0.15, -0.1) is 0 Å². The Bertz CT molecular complexity index is 988. The number of carbonyl (C=O) groups excluding carboxylic acids is 1. The third kappa shape index (κ3) is 4.42. The molecule has 156 valence electrons. The Kier molecular flexibility index (Phi) is 5.92. The van der Waals surface area contributed by atoms with Gasteiger partial charge in [0.25, 0.3) is 0 Å². The first-order valence-electron chi connectivity index (χ1n) is 10.0. The number of carbonyl (C=O) groups is 1. The van der Waals surface area contributed by atoms with E-state index >= 15 is 0 Å². The molecule has 4 rings (SSSR count). The predicted octanol–water partition coefficient (Wildman–Crippen LogP) is 5.03. The summed E-state index contributed by atoms with van der Waals surface area (Å²) in [6.07, 6.45) is 2.61. The van der Waals surface area contributed by atoms with Gasteiger partial charge < -0.3 is 19.5 Å². The van der Waals surface area contributed by atoms with Gasteiger partial charge in [-0.3, -0.25) is 0 Å². The number of halogens is 1. The SMILES string of the molecule is CCOc1ccc(NC(=O)N2CCCC[C@H]2c2nc(-c3ccc(F)cc3)no2)cc1. The molecule has 1 saturated heterocycles. The van der Waals surface area contributed by atoms with E-state index in [1.165, 1.54) is 12.1 Å². The van der Waals surface area contributed by atoms with E-state index in [4.69, 9.17) is 9.26 Å². The van der Waals surface area contributed by atoms with Crippen molar-refractivity contribution >= 4 is 11.7 Å². The van der Waals surface area contributed by atoms with Gasteiger partial charge in [0.05, 0.1) is 6.61 Å². The molecule has 0 spiro atoms. The van der Waals surface area contributed by atoms with Crippen LogP contribution < -0.4 is 10.1 Å². The average molecular weight is 410 g/mol. The zero-order valence-electron chi connectivity index (χ0n) is 16.7. The Balaban J connectivity index is 1.48. The zero-order valence-corrected chi connectivity index (χ0v) is 16.7. The highest BCUT2D eigenvalue weighted by Crippen LogP contribution is 2.32. The van der Waals surface area contributed by atoms with Crippen LogP contribution in [0.1, 0.15) is 38.1 Å². The molecule has 1 N–H and O–H groups in total. The Morgan fingerprint density at radius 2 is 1.97 bits per heavy atom. The lowest BCUT2D eigenvalue weighted by atomic mass is 10.0. The van der Waals surface area contributed by atoms with E-state index in [1.54, 1.807) is 29.2 Å². The van der Waals surface area contributed by atoms with Crippen molar-refractivity contribution in [2.24, 2.45) is 0 Å². The van der Waals surface area contributed by atoms with E-state index in [1.807, 2.05) is 19.1 Å². The maximum atomic E-state index is 13.2. The summed E-state index contributed by atoms with van der Waals surface area (Å²) in [5, 5.41) is 6.94. The second-order valence-electron chi connectivity index (χ2n) is 7.06. The Morgan fingerprint density at radius 1 is 1.20 bits per heavy atom. The number of amides is 2. The van der Waals surface area contributed by atoms with E-state index in [-0.39, 0.29) is 17.9 Å². The molecular weight excluding hydrogens is 387 g/mol. The molecule has 0 saturated carbocycles. The zero-order chi connectivity index (χ0) is 20.9. The third-order valence-electron chi connectivity index (χ3n) is 5.01. The summed E-state index contributed by atoms with van der Waals surface area (Å²) in [5.41, 5.74) is 1.35. The predicted molar refractivity (Wildman–Crippen MR) is 110 cm³/mol. The summed E-state index contributed by atoms with van der Waals surface area (Å²) in [5.74, 6) is 1.19. The van der Waals surface area contributed by atoms with Gasteiger partial charge in [0.15, 0.2) is 0 Å². The van der Waals surface area contributed by atoms with Crippen LogP contribution in [0.2, 0.25) is 0 Å². The van der Waals surface area contributed by atoms with Crippen LogP contribution in [0.15, 0.2) is 53.1 Å². The molecule has 0 bridgehead atoms. The number of nitrogens with zero attached hydrogens (tertiary/aromatic N) is 3. The van der Waals surface area contributed by atoms with Gasteiger partial charge in [0, 0.05) is 17.8 Å². The van der Waals surface area contributed by atoms with Crippen molar-refractivity contribution in [3.05, 3.63) is 60.2 Å². The van der Waals surface area contributed by atoms with Crippen molar-refractivity contribution in [1.29, 1.82) is 0 Å². The van der Waals surface area contributed by atoms with Gasteiger partial charge in [-0.2, -0.15) is 4.98 Å². The molecule has 0 aliphatic carbocycles. The number of piperidine rings is 1. The van der Waals surface area contributed by atoms with Crippen molar-refractivity contribution in [3.8, 4) is 17.1 Å². The maximum absolute atomic E-state index is 13.2. The monoisotopic (exact) mass is 410 g/mol. The van der Waals surface area contributed by atoms with Crippen molar-refractivity contribution < 1.29 is 18.4 Å². The van der Waals surface area contributed by atoms with Gasteiger partial charge in [0.1, 0.15) is 17.6 Å². The summed E-state index contributed by atoms with van der Waals surface area (Å²) in [7, 11) is 0. The number of ether oxygens (including phenoxy) is 1. The minimum Gasteiger partial charge on any atom is -0.494 e. The smallest absolute Gasteiger partial charge is 0.322 e. The average Bonchev–Trinajstić information content (AvgIpc) is 3.26. The van der Waals surface area contributed by atoms with Crippen molar-refractivity contribution in [2.45, 2.75) is 32.2 Å². The lowest BCUT2D eigenvalue weighted by Crippen LogP contribution is -2.41. The molecule has 30 heavy (non-hydrogen) atoms. The molecule has 7 nitrogen and oxygen atoms in total. The molecule has 3 aromatic rings. The van der Waals surface area contributed by atoms with Gasteiger partial charge >= 0.3 is 6.03 Å². The minimum atomic E-state index is -0.327. The number of urea groups is 1. The van der Waals surface area contributed by atoms with Crippen LogP contribution in [0.5, 0.6) is 5.75 Å². The molecule has 0 radical (unpaired) electrons. The van der Waals surface area contributed by atoms with Crippen LogP contribution in [0.3, 0.4) is 0 Å². The largest absolute Gasteiger partial charge is 0.494 e. The molecule has 1 atom stereocenters. The molecule has 1 aliphatic heterocycles. The summed E-state index contributed by atoms with van der Waals surface area (Å²) in [6.45, 7) is 3.11. The highest BCUT2D eigenvalue weighted by Gasteiger charge is 2.32. The van der Waals surface area contributed by atoms with E-state index < -0.39 is 0 Å². The first-order chi connectivity index (χ1) is 14.6. The number of anilines is 1. The molecule has 1 aliphatic rings. The normalized spacial score (nSPS) is 16.3. The fourth-order valence-electron chi connectivity index (χ4n) is 3.51. The summed E-state index contributed by atoms with van der Waals surface area (Å²) < 4.78 is 24.1. The quantitative estimate of drug-likeness (QED) is 0.638. The number of likely N-dealkylation sites (tertiary alicyclic amines) is 1. The first kappa shape index (κ1) is 19.9. The number of aromatic nitrogens is 2. The number of rotatable bonds is 5. The minimum absolute atomic E-state index is 0.217. The first-order valence-corrected chi connectivity index (χ1v) is 10.0. The Morgan fingerprint density at radius 3 is 2.70 bits per heavy atom. The molecule has 0 unspecified atom stereocenters. The molecule has 8 heteroatoms. The van der Waals surface area contributed by atoms with E-state index in [0.717, 1.165) is 25.0 Å². The van der Waals surface area contributed by atoms with Crippen molar-refractivity contribution in [3.63, 3.8) is 0 Å². The molecule has 2 amide bonds. The summed E-state index contributed by atoms with van der Waals surface area (Å²) in [6, 6.07) is 12.6. The van der Waals surface area contributed by atoms with Crippen LogP contribution in [0.25, 0.3) is 11.4 Å². The highest BCUT2D eigenvalue weighted by molar-refractivity contribution is 5.89. The number of hydrogen-bond donors (Lipinski definition) is 1.